The number of hydrogen-bond donors (Lipinski definition) is 1. The van der Waals surface area contributed by atoms with E-state index in [-0.39, 0.29) is 5.56 Å². The van der Waals surface area contributed by atoms with Gasteiger partial charge in [-0.1, -0.05) is 5.16 Å². The Hall–Kier alpha value is -2.11. The van der Waals surface area contributed by atoms with E-state index in [2.05, 4.69) is 10.3 Å². The van der Waals surface area contributed by atoms with E-state index in [1.54, 1.807) is 20.9 Å². The summed E-state index contributed by atoms with van der Waals surface area (Å²) in [7, 11) is 1.69. The Morgan fingerprint density at radius 3 is 2.69 bits per heavy atom. The number of rotatable bonds is 2. The van der Waals surface area contributed by atoms with Crippen molar-refractivity contribution in [2.24, 2.45) is 7.05 Å². The minimum atomic E-state index is -1.01. The second kappa shape index (κ2) is 3.48. The molecule has 16 heavy (non-hydrogen) atoms. The summed E-state index contributed by atoms with van der Waals surface area (Å²) in [6.45, 7) is 3.51. The molecule has 0 saturated carbocycles. The van der Waals surface area contributed by atoms with E-state index in [1.807, 2.05) is 0 Å². The van der Waals surface area contributed by atoms with Gasteiger partial charge in [-0.2, -0.15) is 5.10 Å². The first kappa shape index (κ1) is 10.4. The maximum absolute atomic E-state index is 11.0. The van der Waals surface area contributed by atoms with E-state index in [4.69, 9.17) is 9.63 Å². The molecule has 2 heterocycles. The third-order valence-electron chi connectivity index (χ3n) is 2.44. The largest absolute Gasteiger partial charge is 0.478 e. The molecule has 0 fully saturated rings. The monoisotopic (exact) mass is 221 g/mol. The fourth-order valence-corrected chi connectivity index (χ4v) is 1.71. The van der Waals surface area contributed by atoms with Crippen LogP contribution in [0.4, 0.5) is 0 Å². The Morgan fingerprint density at radius 1 is 1.50 bits per heavy atom. The van der Waals surface area contributed by atoms with Crippen LogP contribution in [0.15, 0.2) is 10.7 Å². The third kappa shape index (κ3) is 1.39. The first-order valence-corrected chi connectivity index (χ1v) is 4.71. The van der Waals surface area contributed by atoms with Crippen molar-refractivity contribution >= 4 is 5.97 Å². The van der Waals surface area contributed by atoms with Gasteiger partial charge in [-0.05, 0) is 13.8 Å². The number of carbonyl (C=O) groups is 1. The molecule has 0 spiro atoms. The lowest BCUT2D eigenvalue weighted by Gasteiger charge is -2.02. The molecule has 0 aliphatic rings. The second-order valence-electron chi connectivity index (χ2n) is 3.53. The van der Waals surface area contributed by atoms with Gasteiger partial charge in [-0.15, -0.1) is 0 Å². The van der Waals surface area contributed by atoms with Crippen LogP contribution in [0.5, 0.6) is 0 Å². The van der Waals surface area contributed by atoms with Crippen molar-refractivity contribution in [1.29, 1.82) is 0 Å². The maximum Gasteiger partial charge on any atom is 0.339 e. The lowest BCUT2D eigenvalue weighted by molar-refractivity contribution is 0.0697. The van der Waals surface area contributed by atoms with Crippen LogP contribution >= 0.6 is 0 Å². The van der Waals surface area contributed by atoms with Crippen molar-refractivity contribution in [2.45, 2.75) is 13.8 Å². The molecule has 0 atom stereocenters. The van der Waals surface area contributed by atoms with Crippen molar-refractivity contribution in [1.82, 2.24) is 14.9 Å². The molecule has 6 nitrogen and oxygen atoms in total. The summed E-state index contributed by atoms with van der Waals surface area (Å²) in [6.07, 6.45) is 1.32. The summed E-state index contributed by atoms with van der Waals surface area (Å²) in [5.74, 6) is -0.424. The summed E-state index contributed by atoms with van der Waals surface area (Å²) >= 11 is 0. The Balaban J connectivity index is 2.73. The normalized spacial score (nSPS) is 10.7. The smallest absolute Gasteiger partial charge is 0.339 e. The highest BCUT2D eigenvalue weighted by Gasteiger charge is 2.22. The van der Waals surface area contributed by atoms with Gasteiger partial charge in [0, 0.05) is 7.05 Å². The van der Waals surface area contributed by atoms with Crippen LogP contribution in [-0.4, -0.2) is 26.0 Å². The molecular formula is C10H11N3O3. The van der Waals surface area contributed by atoms with E-state index in [0.29, 0.717) is 22.7 Å². The van der Waals surface area contributed by atoms with Crippen LogP contribution in [-0.2, 0) is 7.05 Å². The van der Waals surface area contributed by atoms with Gasteiger partial charge in [0.05, 0.1) is 23.1 Å². The van der Waals surface area contributed by atoms with Crippen molar-refractivity contribution in [2.75, 3.05) is 0 Å². The zero-order chi connectivity index (χ0) is 11.9. The molecular weight excluding hydrogens is 210 g/mol. The van der Waals surface area contributed by atoms with Gasteiger partial charge >= 0.3 is 5.97 Å². The molecule has 0 saturated heterocycles. The van der Waals surface area contributed by atoms with Crippen molar-refractivity contribution in [3.8, 4) is 11.3 Å². The van der Waals surface area contributed by atoms with E-state index in [9.17, 15) is 4.79 Å². The molecule has 84 valence electrons. The van der Waals surface area contributed by atoms with Gasteiger partial charge in [-0.25, -0.2) is 4.79 Å². The summed E-state index contributed by atoms with van der Waals surface area (Å²) < 4.78 is 6.53. The summed E-state index contributed by atoms with van der Waals surface area (Å²) in [6, 6.07) is 0. The molecule has 2 rings (SSSR count). The predicted octanol–water partition coefficient (Wildman–Crippen LogP) is 1.39. The Kier molecular flexibility index (Phi) is 2.26. The van der Waals surface area contributed by atoms with Crippen molar-refractivity contribution in [3.63, 3.8) is 0 Å². The van der Waals surface area contributed by atoms with Crippen molar-refractivity contribution < 1.29 is 14.4 Å². The van der Waals surface area contributed by atoms with Crippen LogP contribution in [0.25, 0.3) is 11.3 Å². The highest BCUT2D eigenvalue weighted by molar-refractivity contribution is 5.95. The van der Waals surface area contributed by atoms with Gasteiger partial charge in [-0.3, -0.25) is 4.68 Å². The number of aryl methyl sites for hydroxylation is 3. The molecule has 1 N–H and O–H groups in total. The molecule has 2 aromatic rings. The van der Waals surface area contributed by atoms with Gasteiger partial charge in [0.15, 0.2) is 0 Å². The van der Waals surface area contributed by atoms with Crippen LogP contribution < -0.4 is 0 Å². The Bertz CT molecular complexity index is 534. The number of aromatic nitrogens is 3. The highest BCUT2D eigenvalue weighted by atomic mass is 16.5. The predicted molar refractivity (Wildman–Crippen MR) is 55.1 cm³/mol. The van der Waals surface area contributed by atoms with E-state index in [1.165, 1.54) is 10.9 Å². The number of carboxylic acids is 1. The quantitative estimate of drug-likeness (QED) is 0.828. The molecule has 0 unspecified atom stereocenters. The molecule has 0 aliphatic heterocycles. The Labute approximate surface area is 91.5 Å². The summed E-state index contributed by atoms with van der Waals surface area (Å²) in [4.78, 5) is 11.0. The number of carboxylic acid groups (broad SMARTS) is 1. The fourth-order valence-electron chi connectivity index (χ4n) is 1.71. The number of aromatic carboxylic acids is 1. The lowest BCUT2D eigenvalue weighted by Crippen LogP contribution is -2.01. The van der Waals surface area contributed by atoms with Crippen LogP contribution in [0.1, 0.15) is 21.8 Å². The average molecular weight is 221 g/mol. The first-order chi connectivity index (χ1) is 7.52. The standard InChI is InChI=1S/C10H11N3O3/c1-5-8(6(2)16-12-5)9-7(10(14)15)4-11-13(9)3/h4H,1-3H3,(H,14,15). The molecule has 2 aromatic heterocycles. The zero-order valence-electron chi connectivity index (χ0n) is 9.18. The number of hydrogen-bond acceptors (Lipinski definition) is 4. The minimum absolute atomic E-state index is 0.150. The Morgan fingerprint density at radius 2 is 2.19 bits per heavy atom. The zero-order valence-corrected chi connectivity index (χ0v) is 9.18. The highest BCUT2D eigenvalue weighted by Crippen LogP contribution is 2.29. The number of nitrogens with zero attached hydrogens (tertiary/aromatic N) is 3. The van der Waals surface area contributed by atoms with E-state index in [0.717, 1.165) is 0 Å². The molecule has 0 radical (unpaired) electrons. The molecule has 0 aromatic carbocycles. The first-order valence-electron chi connectivity index (χ1n) is 4.71. The maximum atomic E-state index is 11.0. The van der Waals surface area contributed by atoms with Crippen LogP contribution in [0.2, 0.25) is 0 Å². The third-order valence-corrected chi connectivity index (χ3v) is 2.44. The van der Waals surface area contributed by atoms with Gasteiger partial charge in [0.2, 0.25) is 0 Å². The van der Waals surface area contributed by atoms with Crippen molar-refractivity contribution in [3.05, 3.63) is 23.2 Å². The topological polar surface area (TPSA) is 81.2 Å². The van der Waals surface area contributed by atoms with Crippen LogP contribution in [0.3, 0.4) is 0 Å². The van der Waals surface area contributed by atoms with Gasteiger partial charge in [0.1, 0.15) is 11.3 Å². The lowest BCUT2D eigenvalue weighted by atomic mass is 10.1. The van der Waals surface area contributed by atoms with Crippen LogP contribution in [0, 0.1) is 13.8 Å². The van der Waals surface area contributed by atoms with E-state index >= 15 is 0 Å². The average Bonchev–Trinajstić information content (AvgIpc) is 2.71. The van der Waals surface area contributed by atoms with Gasteiger partial charge < -0.3 is 9.63 Å². The second-order valence-corrected chi connectivity index (χ2v) is 3.53. The molecule has 6 heteroatoms. The minimum Gasteiger partial charge on any atom is -0.478 e. The summed E-state index contributed by atoms with van der Waals surface area (Å²) in [5.41, 5.74) is 2.02. The SMILES string of the molecule is Cc1noc(C)c1-c1c(C(=O)O)cnn1C. The summed E-state index contributed by atoms with van der Waals surface area (Å²) in [5, 5.41) is 16.8. The molecule has 0 amide bonds. The molecule has 0 aliphatic carbocycles. The van der Waals surface area contributed by atoms with Gasteiger partial charge in [0.25, 0.3) is 0 Å². The fraction of sp³-hybridized carbons (Fsp3) is 0.300. The molecule has 0 bridgehead atoms. The van der Waals surface area contributed by atoms with E-state index < -0.39 is 5.97 Å².